The fourth-order valence-corrected chi connectivity index (χ4v) is 4.91. The molecule has 8 nitrogen and oxygen atoms in total. The molecule has 0 atom stereocenters. The highest BCUT2D eigenvalue weighted by molar-refractivity contribution is 5.85. The van der Waals surface area contributed by atoms with Crippen LogP contribution in [0.1, 0.15) is 48.8 Å². The van der Waals surface area contributed by atoms with Gasteiger partial charge in [0.25, 0.3) is 0 Å². The summed E-state index contributed by atoms with van der Waals surface area (Å²) in [5.41, 5.74) is 5.16. The molecular weight excluding hydrogens is 392 g/mol. The molecule has 1 saturated heterocycles. The third kappa shape index (κ3) is 3.84. The second kappa shape index (κ2) is 8.42. The maximum absolute atomic E-state index is 13.6. The van der Waals surface area contributed by atoms with Crippen LogP contribution in [0.4, 0.5) is 4.79 Å². The van der Waals surface area contributed by atoms with E-state index in [-0.39, 0.29) is 12.1 Å². The summed E-state index contributed by atoms with van der Waals surface area (Å²) in [5.74, 6) is 0. The molecule has 2 fully saturated rings. The Morgan fingerprint density at radius 3 is 2.61 bits per heavy atom. The summed E-state index contributed by atoms with van der Waals surface area (Å²) in [7, 11) is 0. The molecule has 164 valence electrons. The minimum atomic E-state index is 0.112. The molecule has 1 saturated carbocycles. The summed E-state index contributed by atoms with van der Waals surface area (Å²) < 4.78 is 7.28. The maximum atomic E-state index is 13.6. The Balaban J connectivity index is 1.55. The van der Waals surface area contributed by atoms with Crippen LogP contribution in [-0.2, 0) is 11.3 Å². The molecule has 5 rings (SSSR count). The number of ether oxygens (including phenoxy) is 1. The van der Waals surface area contributed by atoms with Gasteiger partial charge in [-0.1, -0.05) is 19.3 Å². The number of rotatable bonds is 3. The summed E-state index contributed by atoms with van der Waals surface area (Å²) in [6, 6.07) is 6.85. The van der Waals surface area contributed by atoms with Crippen molar-refractivity contribution in [1.82, 2.24) is 29.8 Å². The lowest BCUT2D eigenvalue weighted by Crippen LogP contribution is -2.51. The first-order valence-corrected chi connectivity index (χ1v) is 11.4. The van der Waals surface area contributed by atoms with Gasteiger partial charge in [0, 0.05) is 30.1 Å². The first-order valence-electron chi connectivity index (χ1n) is 11.4. The van der Waals surface area contributed by atoms with Crippen molar-refractivity contribution in [3.63, 3.8) is 0 Å². The predicted molar refractivity (Wildman–Crippen MR) is 118 cm³/mol. The SMILES string of the molecule is Cc1cc2cc(CN(C(=O)N3CCOCC3)C3CCCCC3)c3nnnn3c2cc1C. The van der Waals surface area contributed by atoms with Crippen molar-refractivity contribution in [1.29, 1.82) is 0 Å². The molecular formula is C23H30N6O2. The number of hydrogen-bond donors (Lipinski definition) is 0. The van der Waals surface area contributed by atoms with Gasteiger partial charge in [0.1, 0.15) is 0 Å². The molecule has 0 bridgehead atoms. The van der Waals surface area contributed by atoms with E-state index in [2.05, 4.69) is 52.5 Å². The van der Waals surface area contributed by atoms with Crippen molar-refractivity contribution < 1.29 is 9.53 Å². The minimum absolute atomic E-state index is 0.112. The molecule has 3 heterocycles. The van der Waals surface area contributed by atoms with Gasteiger partial charge >= 0.3 is 6.03 Å². The summed E-state index contributed by atoms with van der Waals surface area (Å²) >= 11 is 0. The van der Waals surface area contributed by atoms with Crippen molar-refractivity contribution in [2.45, 2.75) is 58.5 Å². The molecule has 1 aliphatic carbocycles. The summed E-state index contributed by atoms with van der Waals surface area (Å²) in [6.07, 6.45) is 5.72. The molecule has 1 aromatic carbocycles. The highest BCUT2D eigenvalue weighted by Gasteiger charge is 2.30. The number of pyridine rings is 1. The van der Waals surface area contributed by atoms with Gasteiger partial charge in [0.2, 0.25) is 0 Å². The maximum Gasteiger partial charge on any atom is 0.320 e. The number of aromatic nitrogens is 4. The fraction of sp³-hybridized carbons (Fsp3) is 0.565. The van der Waals surface area contributed by atoms with Crippen molar-refractivity contribution >= 4 is 22.6 Å². The zero-order chi connectivity index (χ0) is 21.4. The first kappa shape index (κ1) is 20.2. The zero-order valence-corrected chi connectivity index (χ0v) is 18.4. The van der Waals surface area contributed by atoms with Gasteiger partial charge in [-0.05, 0) is 66.4 Å². The standard InChI is InChI=1S/C23H30N6O2/c1-16-12-18-14-19(22-24-25-26-29(22)21(18)13-17(16)2)15-28(20-6-4-3-5-7-20)23(30)27-8-10-31-11-9-27/h12-14,20H,3-11,15H2,1-2H3. The van der Waals surface area contributed by atoms with Gasteiger partial charge in [-0.3, -0.25) is 0 Å². The number of carbonyl (C=O) groups excluding carboxylic acids is 1. The Hall–Kier alpha value is -2.74. The third-order valence-electron chi connectivity index (χ3n) is 6.84. The van der Waals surface area contributed by atoms with E-state index in [1.54, 1.807) is 0 Å². The molecule has 0 spiro atoms. The van der Waals surface area contributed by atoms with E-state index in [0.29, 0.717) is 32.8 Å². The Bertz CT molecular complexity index is 1100. The van der Waals surface area contributed by atoms with Gasteiger partial charge in [-0.15, -0.1) is 5.10 Å². The molecule has 8 heteroatoms. The molecule has 0 radical (unpaired) electrons. The molecule has 0 N–H and O–H groups in total. The smallest absolute Gasteiger partial charge is 0.320 e. The number of hydrogen-bond acceptors (Lipinski definition) is 5. The number of tetrazole rings is 1. The van der Waals surface area contributed by atoms with Crippen molar-refractivity contribution in [3.8, 4) is 0 Å². The van der Waals surface area contributed by atoms with Gasteiger partial charge in [0.05, 0.1) is 25.3 Å². The van der Waals surface area contributed by atoms with E-state index in [1.807, 2.05) is 9.42 Å². The van der Waals surface area contributed by atoms with E-state index in [4.69, 9.17) is 4.74 Å². The van der Waals surface area contributed by atoms with Crippen LogP contribution >= 0.6 is 0 Å². The topological polar surface area (TPSA) is 75.9 Å². The number of fused-ring (bicyclic) bond motifs is 3. The van der Waals surface area contributed by atoms with Gasteiger partial charge < -0.3 is 14.5 Å². The second-order valence-corrected chi connectivity index (χ2v) is 8.88. The van der Waals surface area contributed by atoms with Gasteiger partial charge in [0.15, 0.2) is 5.65 Å². The molecule has 0 unspecified atom stereocenters. The van der Waals surface area contributed by atoms with Crippen molar-refractivity contribution in [2.75, 3.05) is 26.3 Å². The van der Waals surface area contributed by atoms with E-state index >= 15 is 0 Å². The van der Waals surface area contributed by atoms with Crippen LogP contribution in [-0.4, -0.2) is 68.2 Å². The zero-order valence-electron chi connectivity index (χ0n) is 18.4. The van der Waals surface area contributed by atoms with Crippen LogP contribution in [0.2, 0.25) is 0 Å². The number of amides is 2. The summed E-state index contributed by atoms with van der Waals surface area (Å²) in [5, 5.41) is 13.6. The van der Waals surface area contributed by atoms with E-state index < -0.39 is 0 Å². The number of aryl methyl sites for hydroxylation is 2. The first-order chi connectivity index (χ1) is 15.1. The molecule has 1 aliphatic heterocycles. The lowest BCUT2D eigenvalue weighted by molar-refractivity contribution is 0.0357. The predicted octanol–water partition coefficient (Wildman–Crippen LogP) is 3.48. The quantitative estimate of drug-likeness (QED) is 0.646. The fourth-order valence-electron chi connectivity index (χ4n) is 4.91. The highest BCUT2D eigenvalue weighted by atomic mass is 16.5. The lowest BCUT2D eigenvalue weighted by Gasteiger charge is -2.39. The number of morpholine rings is 1. The Morgan fingerprint density at radius 2 is 1.84 bits per heavy atom. The average molecular weight is 423 g/mol. The van der Waals surface area contributed by atoms with Gasteiger partial charge in [-0.2, -0.15) is 4.52 Å². The Labute approximate surface area is 182 Å². The third-order valence-corrected chi connectivity index (χ3v) is 6.84. The van der Waals surface area contributed by atoms with Crippen LogP contribution in [0.3, 0.4) is 0 Å². The van der Waals surface area contributed by atoms with E-state index in [0.717, 1.165) is 35.0 Å². The molecule has 2 aliphatic rings. The van der Waals surface area contributed by atoms with Crippen molar-refractivity contribution in [3.05, 3.63) is 34.9 Å². The highest BCUT2D eigenvalue weighted by Crippen LogP contribution is 2.28. The van der Waals surface area contributed by atoms with Crippen LogP contribution in [0, 0.1) is 13.8 Å². The van der Waals surface area contributed by atoms with Crippen molar-refractivity contribution in [2.24, 2.45) is 0 Å². The van der Waals surface area contributed by atoms with Crippen LogP contribution in [0.15, 0.2) is 18.2 Å². The van der Waals surface area contributed by atoms with Gasteiger partial charge in [-0.25, -0.2) is 4.79 Å². The molecule has 2 amide bonds. The summed E-state index contributed by atoms with van der Waals surface area (Å²) in [6.45, 7) is 7.27. The number of urea groups is 1. The van der Waals surface area contributed by atoms with Crippen LogP contribution < -0.4 is 0 Å². The molecule has 3 aromatic rings. The van der Waals surface area contributed by atoms with E-state index in [9.17, 15) is 4.79 Å². The largest absolute Gasteiger partial charge is 0.378 e. The van der Waals surface area contributed by atoms with Crippen LogP contribution in [0.5, 0.6) is 0 Å². The number of benzene rings is 1. The number of nitrogens with zero attached hydrogens (tertiary/aromatic N) is 6. The minimum Gasteiger partial charge on any atom is -0.378 e. The molecule has 31 heavy (non-hydrogen) atoms. The van der Waals surface area contributed by atoms with E-state index in [1.165, 1.54) is 30.4 Å². The average Bonchev–Trinajstić information content (AvgIpc) is 3.30. The number of carbonyl (C=O) groups is 1. The summed E-state index contributed by atoms with van der Waals surface area (Å²) in [4.78, 5) is 17.6. The lowest BCUT2D eigenvalue weighted by atomic mass is 9.94. The Kier molecular flexibility index (Phi) is 5.48. The monoisotopic (exact) mass is 422 g/mol. The second-order valence-electron chi connectivity index (χ2n) is 8.88. The van der Waals surface area contributed by atoms with Crippen LogP contribution in [0.25, 0.3) is 16.6 Å². The normalized spacial score (nSPS) is 18.1. The Morgan fingerprint density at radius 1 is 1.10 bits per heavy atom. The molecule has 2 aromatic heterocycles.